The van der Waals surface area contributed by atoms with Crippen LogP contribution in [0.15, 0.2) is 42.5 Å². The first-order chi connectivity index (χ1) is 10.4. The Morgan fingerprint density at radius 1 is 1.09 bits per heavy atom. The number of carbonyl (C=O) groups is 1. The van der Waals surface area contributed by atoms with Gasteiger partial charge in [0.1, 0.15) is 0 Å². The van der Waals surface area contributed by atoms with E-state index in [1.807, 2.05) is 50.2 Å². The van der Waals surface area contributed by atoms with E-state index in [0.717, 1.165) is 16.9 Å². The Balaban J connectivity index is 2.32. The molecule has 116 valence electrons. The van der Waals surface area contributed by atoms with Crippen LogP contribution in [0.5, 0.6) is 0 Å². The number of nitrogens with zero attached hydrogens (tertiary/aromatic N) is 1. The van der Waals surface area contributed by atoms with E-state index in [9.17, 15) is 4.79 Å². The number of hydrogen-bond donors (Lipinski definition) is 1. The highest BCUT2D eigenvalue weighted by Crippen LogP contribution is 2.24. The van der Waals surface area contributed by atoms with Crippen LogP contribution in [0.25, 0.3) is 0 Å². The van der Waals surface area contributed by atoms with Crippen LogP contribution in [0.1, 0.15) is 41.3 Å². The normalized spacial score (nSPS) is 10.6. The molecule has 3 heteroatoms. The quantitative estimate of drug-likeness (QED) is 0.904. The van der Waals surface area contributed by atoms with Crippen molar-refractivity contribution in [3.63, 3.8) is 0 Å². The first-order valence-electron chi connectivity index (χ1n) is 7.58. The van der Waals surface area contributed by atoms with Gasteiger partial charge in [-0.2, -0.15) is 0 Å². The molecule has 0 atom stereocenters. The second-order valence-electron chi connectivity index (χ2n) is 6.09. The van der Waals surface area contributed by atoms with E-state index in [2.05, 4.69) is 37.4 Å². The zero-order valence-corrected chi connectivity index (χ0v) is 14.0. The molecular weight excluding hydrogens is 272 g/mol. The first kappa shape index (κ1) is 16.1. The Labute approximate surface area is 133 Å². The van der Waals surface area contributed by atoms with E-state index >= 15 is 0 Å². The molecule has 22 heavy (non-hydrogen) atoms. The Kier molecular flexibility index (Phi) is 4.86. The van der Waals surface area contributed by atoms with Crippen molar-refractivity contribution < 1.29 is 4.79 Å². The number of benzene rings is 2. The molecule has 0 saturated heterocycles. The van der Waals surface area contributed by atoms with Crippen LogP contribution < -0.4 is 10.2 Å². The maximum absolute atomic E-state index is 12.6. The van der Waals surface area contributed by atoms with Crippen LogP contribution in [-0.4, -0.2) is 20.0 Å². The third-order valence-corrected chi connectivity index (χ3v) is 3.81. The molecule has 0 fully saturated rings. The van der Waals surface area contributed by atoms with Gasteiger partial charge in [0.2, 0.25) is 0 Å². The molecule has 1 amide bonds. The molecule has 0 saturated carbocycles. The Bertz CT molecular complexity index is 675. The summed E-state index contributed by atoms with van der Waals surface area (Å²) < 4.78 is 0. The van der Waals surface area contributed by atoms with E-state index in [4.69, 9.17) is 0 Å². The van der Waals surface area contributed by atoms with Gasteiger partial charge in [0.05, 0.1) is 5.56 Å². The van der Waals surface area contributed by atoms with E-state index in [1.165, 1.54) is 5.56 Å². The Morgan fingerprint density at radius 3 is 2.41 bits per heavy atom. The number of para-hydroxylation sites is 1. The molecule has 0 aliphatic heterocycles. The van der Waals surface area contributed by atoms with Crippen molar-refractivity contribution in [3.05, 3.63) is 59.2 Å². The molecule has 0 heterocycles. The minimum atomic E-state index is -0.0756. The van der Waals surface area contributed by atoms with Crippen LogP contribution in [0.2, 0.25) is 0 Å². The van der Waals surface area contributed by atoms with Crippen molar-refractivity contribution in [2.24, 2.45) is 0 Å². The van der Waals surface area contributed by atoms with Crippen molar-refractivity contribution in [1.29, 1.82) is 0 Å². The predicted molar refractivity (Wildman–Crippen MR) is 94.0 cm³/mol. The number of amides is 1. The summed E-state index contributed by atoms with van der Waals surface area (Å²) in [5.74, 6) is 0.360. The topological polar surface area (TPSA) is 32.3 Å². The van der Waals surface area contributed by atoms with Gasteiger partial charge in [-0.15, -0.1) is 0 Å². The standard InChI is InChI=1S/C19H24N2O/c1-13(2)15-11-10-14(3)17(12-15)20-19(22)16-8-6-7-9-18(16)21(4)5/h6-13H,1-5H3,(H,20,22). The van der Waals surface area contributed by atoms with Gasteiger partial charge in [0, 0.05) is 25.5 Å². The Morgan fingerprint density at radius 2 is 1.77 bits per heavy atom. The van der Waals surface area contributed by atoms with E-state index in [-0.39, 0.29) is 5.91 Å². The molecule has 0 aliphatic rings. The van der Waals surface area contributed by atoms with Crippen LogP contribution in [0.3, 0.4) is 0 Å². The average molecular weight is 296 g/mol. The van der Waals surface area contributed by atoms with Gasteiger partial charge in [-0.05, 0) is 42.2 Å². The third kappa shape index (κ3) is 3.48. The lowest BCUT2D eigenvalue weighted by Crippen LogP contribution is -2.18. The summed E-state index contributed by atoms with van der Waals surface area (Å²) in [5, 5.41) is 3.05. The maximum atomic E-state index is 12.6. The summed E-state index contributed by atoms with van der Waals surface area (Å²) in [5.41, 5.74) is 4.77. The van der Waals surface area contributed by atoms with Gasteiger partial charge >= 0.3 is 0 Å². The van der Waals surface area contributed by atoms with Crippen LogP contribution in [0, 0.1) is 6.92 Å². The zero-order chi connectivity index (χ0) is 16.3. The fraction of sp³-hybridized carbons (Fsp3) is 0.316. The molecule has 1 N–H and O–H groups in total. The Hall–Kier alpha value is -2.29. The lowest BCUT2D eigenvalue weighted by Gasteiger charge is -2.18. The molecule has 3 nitrogen and oxygen atoms in total. The minimum Gasteiger partial charge on any atom is -0.377 e. The second kappa shape index (κ2) is 6.65. The lowest BCUT2D eigenvalue weighted by molar-refractivity contribution is 0.102. The van der Waals surface area contributed by atoms with Gasteiger partial charge in [0.25, 0.3) is 5.91 Å². The first-order valence-corrected chi connectivity index (χ1v) is 7.58. The SMILES string of the molecule is Cc1ccc(C(C)C)cc1NC(=O)c1ccccc1N(C)C. The zero-order valence-electron chi connectivity index (χ0n) is 14.0. The summed E-state index contributed by atoms with van der Waals surface area (Å²) >= 11 is 0. The molecule has 2 rings (SSSR count). The highest BCUT2D eigenvalue weighted by molar-refractivity contribution is 6.08. The fourth-order valence-corrected chi connectivity index (χ4v) is 2.38. The third-order valence-electron chi connectivity index (χ3n) is 3.81. The summed E-state index contributed by atoms with van der Waals surface area (Å²) in [7, 11) is 3.88. The van der Waals surface area contributed by atoms with Gasteiger partial charge in [-0.1, -0.05) is 38.1 Å². The summed E-state index contributed by atoms with van der Waals surface area (Å²) in [6.07, 6.45) is 0. The lowest BCUT2D eigenvalue weighted by atomic mass is 10.0. The van der Waals surface area contributed by atoms with Gasteiger partial charge < -0.3 is 10.2 Å². The molecule has 0 aromatic heterocycles. The van der Waals surface area contributed by atoms with Crippen molar-refractivity contribution in [2.45, 2.75) is 26.7 Å². The van der Waals surface area contributed by atoms with E-state index in [1.54, 1.807) is 0 Å². The van der Waals surface area contributed by atoms with Gasteiger partial charge in [-0.25, -0.2) is 0 Å². The summed E-state index contributed by atoms with van der Waals surface area (Å²) in [6, 6.07) is 13.9. The van der Waals surface area contributed by atoms with Gasteiger partial charge in [-0.3, -0.25) is 4.79 Å². The van der Waals surface area contributed by atoms with Crippen molar-refractivity contribution in [2.75, 3.05) is 24.3 Å². The van der Waals surface area contributed by atoms with Gasteiger partial charge in [0.15, 0.2) is 0 Å². The van der Waals surface area contributed by atoms with Crippen LogP contribution in [0.4, 0.5) is 11.4 Å². The number of anilines is 2. The molecule has 2 aromatic rings. The number of carbonyl (C=O) groups excluding carboxylic acids is 1. The van der Waals surface area contributed by atoms with E-state index < -0.39 is 0 Å². The minimum absolute atomic E-state index is 0.0756. The highest BCUT2D eigenvalue weighted by Gasteiger charge is 2.14. The van der Waals surface area contributed by atoms with Crippen molar-refractivity contribution in [3.8, 4) is 0 Å². The van der Waals surface area contributed by atoms with E-state index in [0.29, 0.717) is 11.5 Å². The molecular formula is C19H24N2O. The fourth-order valence-electron chi connectivity index (χ4n) is 2.38. The van der Waals surface area contributed by atoms with Crippen LogP contribution in [-0.2, 0) is 0 Å². The molecule has 0 spiro atoms. The predicted octanol–water partition coefficient (Wildman–Crippen LogP) is 4.44. The monoisotopic (exact) mass is 296 g/mol. The average Bonchev–Trinajstić information content (AvgIpc) is 2.49. The molecule has 2 aromatic carbocycles. The number of hydrogen-bond acceptors (Lipinski definition) is 2. The molecule has 0 radical (unpaired) electrons. The second-order valence-corrected chi connectivity index (χ2v) is 6.09. The largest absolute Gasteiger partial charge is 0.377 e. The van der Waals surface area contributed by atoms with Crippen molar-refractivity contribution in [1.82, 2.24) is 0 Å². The number of nitrogens with one attached hydrogen (secondary N) is 1. The van der Waals surface area contributed by atoms with Crippen LogP contribution >= 0.6 is 0 Å². The van der Waals surface area contributed by atoms with Crippen molar-refractivity contribution >= 4 is 17.3 Å². The molecule has 0 aliphatic carbocycles. The number of aryl methyl sites for hydroxylation is 1. The molecule has 0 bridgehead atoms. The molecule has 0 unspecified atom stereocenters. The smallest absolute Gasteiger partial charge is 0.257 e. The summed E-state index contributed by atoms with van der Waals surface area (Å²) in [6.45, 7) is 6.31. The summed E-state index contributed by atoms with van der Waals surface area (Å²) in [4.78, 5) is 14.6. The maximum Gasteiger partial charge on any atom is 0.257 e. The number of rotatable bonds is 4. The highest BCUT2D eigenvalue weighted by atomic mass is 16.1.